The topological polar surface area (TPSA) is 34.1 Å². The molecular weight excluding hydrogens is 267 g/mol. The van der Waals surface area contributed by atoms with Crippen LogP contribution in [0.2, 0.25) is 0 Å². The van der Waals surface area contributed by atoms with Crippen molar-refractivity contribution in [3.63, 3.8) is 0 Å². The van der Waals surface area contributed by atoms with Gasteiger partial charge in [-0.3, -0.25) is 9.36 Å². The molecule has 0 saturated heterocycles. The third-order valence-corrected chi connectivity index (χ3v) is 4.55. The van der Waals surface area contributed by atoms with Gasteiger partial charge in [-0.15, -0.1) is 0 Å². The van der Waals surface area contributed by atoms with E-state index in [1.807, 2.05) is 39.0 Å². The highest BCUT2D eigenvalue weighted by atomic mass is 31.1. The highest BCUT2D eigenvalue weighted by Crippen LogP contribution is 2.33. The van der Waals surface area contributed by atoms with E-state index >= 15 is 0 Å². The highest BCUT2D eigenvalue weighted by Gasteiger charge is 2.31. The Balaban J connectivity index is 3.07. The fourth-order valence-electron chi connectivity index (χ4n) is 2.84. The van der Waals surface area contributed by atoms with E-state index in [1.165, 1.54) is 0 Å². The normalized spacial score (nSPS) is 15.1. The quantitative estimate of drug-likeness (QED) is 0.551. The summed E-state index contributed by atoms with van der Waals surface area (Å²) < 4.78 is 11.5. The molecule has 0 aliphatic heterocycles. The van der Waals surface area contributed by atoms with E-state index in [1.54, 1.807) is 0 Å². The Kier molecular flexibility index (Phi) is 5.65. The zero-order valence-corrected chi connectivity index (χ0v) is 14.3. The van der Waals surface area contributed by atoms with E-state index in [0.29, 0.717) is 0 Å². The monoisotopic (exact) mass is 292 g/mol. The molecule has 0 fully saturated rings. The van der Waals surface area contributed by atoms with Crippen LogP contribution in [0.4, 0.5) is 0 Å². The van der Waals surface area contributed by atoms with Crippen molar-refractivity contribution in [3.05, 3.63) is 34.9 Å². The second kappa shape index (κ2) is 6.63. The Morgan fingerprint density at radius 2 is 1.70 bits per heavy atom. The van der Waals surface area contributed by atoms with Crippen LogP contribution in [0.15, 0.2) is 18.2 Å². The predicted molar refractivity (Wildman–Crippen MR) is 84.9 cm³/mol. The van der Waals surface area contributed by atoms with Crippen molar-refractivity contribution in [2.45, 2.75) is 53.6 Å². The Morgan fingerprint density at radius 1 is 1.20 bits per heavy atom. The van der Waals surface area contributed by atoms with E-state index in [2.05, 4.69) is 20.8 Å². The SMILES string of the molecule is Cc1cccc(C)c1C(=O)C(P=O)C(C)CC(C)(C)C. The van der Waals surface area contributed by atoms with Crippen molar-refractivity contribution < 1.29 is 9.36 Å². The lowest BCUT2D eigenvalue weighted by atomic mass is 9.82. The molecule has 2 nitrogen and oxygen atoms in total. The van der Waals surface area contributed by atoms with Crippen molar-refractivity contribution in [1.82, 2.24) is 0 Å². The van der Waals surface area contributed by atoms with Gasteiger partial charge in [-0.1, -0.05) is 45.9 Å². The molecule has 0 aromatic heterocycles. The molecule has 0 aliphatic carbocycles. The van der Waals surface area contributed by atoms with Crippen LogP contribution in [-0.2, 0) is 4.57 Å². The maximum Gasteiger partial charge on any atom is 0.178 e. The van der Waals surface area contributed by atoms with Gasteiger partial charge in [0, 0.05) is 5.56 Å². The van der Waals surface area contributed by atoms with Crippen LogP contribution in [0, 0.1) is 25.2 Å². The molecular formula is C17H25O2P. The second-order valence-corrected chi connectivity index (χ2v) is 7.69. The van der Waals surface area contributed by atoms with Crippen LogP contribution >= 0.6 is 8.46 Å². The predicted octanol–water partition coefficient (Wildman–Crippen LogP) is 5.22. The molecule has 0 radical (unpaired) electrons. The third kappa shape index (κ3) is 4.24. The lowest BCUT2D eigenvalue weighted by Crippen LogP contribution is -2.27. The Labute approximate surface area is 124 Å². The first-order valence-corrected chi connectivity index (χ1v) is 7.98. The molecule has 0 N–H and O–H groups in total. The Bertz CT molecular complexity index is 480. The van der Waals surface area contributed by atoms with Crippen molar-refractivity contribution in [2.24, 2.45) is 11.3 Å². The molecule has 3 heteroatoms. The summed E-state index contributed by atoms with van der Waals surface area (Å²) in [7, 11) is -0.0732. The molecule has 0 amide bonds. The number of hydrogen-bond acceptors (Lipinski definition) is 2. The van der Waals surface area contributed by atoms with Gasteiger partial charge in [-0.2, -0.15) is 0 Å². The first-order valence-electron chi connectivity index (χ1n) is 7.10. The number of aryl methyl sites for hydroxylation is 2. The van der Waals surface area contributed by atoms with Crippen molar-refractivity contribution in [2.75, 3.05) is 0 Å². The van der Waals surface area contributed by atoms with Gasteiger partial charge in [-0.25, -0.2) is 0 Å². The molecule has 2 atom stereocenters. The van der Waals surface area contributed by atoms with Crippen LogP contribution in [-0.4, -0.2) is 11.4 Å². The summed E-state index contributed by atoms with van der Waals surface area (Å²) in [5.74, 6) is 0.106. The number of hydrogen-bond donors (Lipinski definition) is 0. The van der Waals surface area contributed by atoms with Gasteiger partial charge < -0.3 is 0 Å². The van der Waals surface area contributed by atoms with Gasteiger partial charge in [0.1, 0.15) is 5.66 Å². The minimum Gasteiger partial charge on any atom is -0.293 e. The average Bonchev–Trinajstić information content (AvgIpc) is 2.26. The number of ketones is 1. The van der Waals surface area contributed by atoms with Gasteiger partial charge in [0.05, 0.1) is 0 Å². The molecule has 110 valence electrons. The maximum atomic E-state index is 12.7. The van der Waals surface area contributed by atoms with Gasteiger partial charge in [0.15, 0.2) is 14.2 Å². The number of carbonyl (C=O) groups is 1. The molecule has 0 spiro atoms. The second-order valence-electron chi connectivity index (χ2n) is 6.92. The molecule has 1 aromatic carbocycles. The zero-order chi connectivity index (χ0) is 15.5. The van der Waals surface area contributed by atoms with Crippen LogP contribution in [0.3, 0.4) is 0 Å². The Morgan fingerprint density at radius 3 is 2.10 bits per heavy atom. The van der Waals surface area contributed by atoms with E-state index in [9.17, 15) is 9.36 Å². The van der Waals surface area contributed by atoms with Crippen LogP contribution < -0.4 is 0 Å². The molecule has 0 aliphatic rings. The van der Waals surface area contributed by atoms with Gasteiger partial charge >= 0.3 is 0 Å². The van der Waals surface area contributed by atoms with Crippen LogP contribution in [0.25, 0.3) is 0 Å². The average molecular weight is 292 g/mol. The molecule has 1 aromatic rings. The van der Waals surface area contributed by atoms with Crippen LogP contribution in [0.1, 0.15) is 55.6 Å². The van der Waals surface area contributed by atoms with Crippen LogP contribution in [0.5, 0.6) is 0 Å². The number of rotatable bonds is 5. The van der Waals surface area contributed by atoms with Crippen molar-refractivity contribution >= 4 is 14.2 Å². The Hall–Kier alpha value is -1.01. The van der Waals surface area contributed by atoms with Gasteiger partial charge in [0.2, 0.25) is 0 Å². The van der Waals surface area contributed by atoms with E-state index in [0.717, 1.165) is 23.1 Å². The summed E-state index contributed by atoms with van der Waals surface area (Å²) in [5, 5.41) is 0. The maximum absolute atomic E-state index is 12.7. The fourth-order valence-corrected chi connectivity index (χ4v) is 3.38. The van der Waals surface area contributed by atoms with Crippen molar-refractivity contribution in [1.29, 1.82) is 0 Å². The highest BCUT2D eigenvalue weighted by molar-refractivity contribution is 7.26. The summed E-state index contributed by atoms with van der Waals surface area (Å²) in [6.07, 6.45) is 0.879. The van der Waals surface area contributed by atoms with Gasteiger partial charge in [0.25, 0.3) is 0 Å². The fraction of sp³-hybridized carbons (Fsp3) is 0.588. The molecule has 20 heavy (non-hydrogen) atoms. The molecule has 0 saturated carbocycles. The summed E-state index contributed by atoms with van der Waals surface area (Å²) >= 11 is 0. The first-order chi connectivity index (χ1) is 9.17. The summed E-state index contributed by atoms with van der Waals surface area (Å²) in [4.78, 5) is 12.7. The molecule has 0 bridgehead atoms. The van der Waals surface area contributed by atoms with E-state index in [4.69, 9.17) is 0 Å². The smallest absolute Gasteiger partial charge is 0.178 e. The van der Waals surface area contributed by atoms with Crippen molar-refractivity contribution in [3.8, 4) is 0 Å². The summed E-state index contributed by atoms with van der Waals surface area (Å²) in [6.45, 7) is 12.3. The standard InChI is InChI=1S/C17H25O2P/c1-11-8-7-9-12(2)14(11)15(18)16(20-19)13(3)10-17(4,5)6/h7-9,13,16H,10H2,1-6H3. The molecule has 1 rings (SSSR count). The number of benzene rings is 1. The minimum atomic E-state index is -0.450. The zero-order valence-electron chi connectivity index (χ0n) is 13.4. The minimum absolute atomic E-state index is 0.00835. The summed E-state index contributed by atoms with van der Waals surface area (Å²) in [6, 6.07) is 5.82. The number of carbonyl (C=O) groups excluding carboxylic acids is 1. The molecule has 0 heterocycles. The van der Waals surface area contributed by atoms with Gasteiger partial charge in [-0.05, 0) is 42.7 Å². The lowest BCUT2D eigenvalue weighted by molar-refractivity contribution is 0.0960. The summed E-state index contributed by atoms with van der Waals surface area (Å²) in [5.41, 5.74) is 2.34. The number of Topliss-reactive ketones (excluding diaryl/α,β-unsaturated/α-hetero) is 1. The van der Waals surface area contributed by atoms with E-state index in [-0.39, 0.29) is 25.6 Å². The lowest BCUT2D eigenvalue weighted by Gasteiger charge is -2.26. The first kappa shape index (κ1) is 17.0. The third-order valence-electron chi connectivity index (χ3n) is 3.58. The largest absolute Gasteiger partial charge is 0.293 e. The molecule has 2 unspecified atom stereocenters. The van der Waals surface area contributed by atoms with E-state index < -0.39 is 5.66 Å².